The minimum absolute atomic E-state index is 0.0185. The van der Waals surface area contributed by atoms with Crippen LogP contribution in [0.2, 0.25) is 0 Å². The third kappa shape index (κ3) is 3.65. The minimum Gasteiger partial charge on any atom is -0.482 e. The van der Waals surface area contributed by atoms with Crippen molar-refractivity contribution in [1.29, 1.82) is 0 Å². The molecular weight excluding hydrogens is 306 g/mol. The largest absolute Gasteiger partial charge is 0.482 e. The highest BCUT2D eigenvalue weighted by molar-refractivity contribution is 5.96. The fourth-order valence-electron chi connectivity index (χ4n) is 2.55. The fourth-order valence-corrected chi connectivity index (χ4v) is 2.55. The van der Waals surface area contributed by atoms with Gasteiger partial charge in [0.05, 0.1) is 5.69 Å². The lowest BCUT2D eigenvalue weighted by molar-refractivity contribution is -0.118. The number of fused-ring (bicyclic) bond motifs is 1. The standard InChI is InChI=1S/C18H19N3O3/c1-11-3-4-13(12(2)7-11)9-19-18(23)20-14-5-6-15-16(8-14)24-10-17(22)21-15/h3-8H,9-10H2,1-2H3,(H,21,22)(H2,19,20,23). The minimum atomic E-state index is -0.297. The van der Waals surface area contributed by atoms with Gasteiger partial charge in [0.2, 0.25) is 0 Å². The number of anilines is 2. The molecule has 3 N–H and O–H groups in total. The molecule has 1 heterocycles. The third-order valence-corrected chi connectivity index (χ3v) is 3.81. The van der Waals surface area contributed by atoms with Crippen molar-refractivity contribution < 1.29 is 14.3 Å². The van der Waals surface area contributed by atoms with Crippen LogP contribution in [0, 0.1) is 13.8 Å². The molecule has 2 aromatic carbocycles. The summed E-state index contributed by atoms with van der Waals surface area (Å²) < 4.78 is 5.33. The first-order valence-corrected chi connectivity index (χ1v) is 7.69. The zero-order chi connectivity index (χ0) is 17.1. The maximum atomic E-state index is 12.1. The number of aryl methyl sites for hydroxylation is 2. The molecule has 6 heteroatoms. The van der Waals surface area contributed by atoms with Gasteiger partial charge in [0.1, 0.15) is 5.75 Å². The van der Waals surface area contributed by atoms with E-state index in [-0.39, 0.29) is 18.5 Å². The highest BCUT2D eigenvalue weighted by Gasteiger charge is 2.16. The van der Waals surface area contributed by atoms with Gasteiger partial charge in [-0.15, -0.1) is 0 Å². The van der Waals surface area contributed by atoms with Gasteiger partial charge in [-0.2, -0.15) is 0 Å². The first-order valence-electron chi connectivity index (χ1n) is 7.69. The molecule has 124 valence electrons. The average molecular weight is 325 g/mol. The molecule has 0 atom stereocenters. The van der Waals surface area contributed by atoms with E-state index in [1.54, 1.807) is 18.2 Å². The van der Waals surface area contributed by atoms with Gasteiger partial charge in [-0.3, -0.25) is 4.79 Å². The zero-order valence-corrected chi connectivity index (χ0v) is 13.6. The number of ether oxygens (including phenoxy) is 1. The molecular formula is C18H19N3O3. The van der Waals surface area contributed by atoms with Crippen LogP contribution < -0.4 is 20.7 Å². The van der Waals surface area contributed by atoms with Crippen molar-refractivity contribution in [3.63, 3.8) is 0 Å². The van der Waals surface area contributed by atoms with Crippen LogP contribution in [-0.4, -0.2) is 18.5 Å². The number of nitrogens with one attached hydrogen (secondary N) is 3. The van der Waals surface area contributed by atoms with E-state index in [1.165, 1.54) is 5.56 Å². The Bertz CT molecular complexity index is 802. The smallest absolute Gasteiger partial charge is 0.319 e. The Morgan fingerprint density at radius 1 is 1.21 bits per heavy atom. The van der Waals surface area contributed by atoms with Crippen molar-refractivity contribution in [2.45, 2.75) is 20.4 Å². The second-order valence-corrected chi connectivity index (χ2v) is 5.79. The van der Waals surface area contributed by atoms with Gasteiger partial charge in [0, 0.05) is 18.3 Å². The van der Waals surface area contributed by atoms with E-state index in [2.05, 4.69) is 22.0 Å². The van der Waals surface area contributed by atoms with Crippen LogP contribution in [0.5, 0.6) is 5.75 Å². The van der Waals surface area contributed by atoms with E-state index in [0.29, 0.717) is 23.7 Å². The van der Waals surface area contributed by atoms with Crippen molar-refractivity contribution in [1.82, 2.24) is 5.32 Å². The third-order valence-electron chi connectivity index (χ3n) is 3.81. The van der Waals surface area contributed by atoms with Crippen LogP contribution in [0.4, 0.5) is 16.2 Å². The van der Waals surface area contributed by atoms with Crippen molar-refractivity contribution in [3.8, 4) is 5.75 Å². The highest BCUT2D eigenvalue weighted by Crippen LogP contribution is 2.30. The van der Waals surface area contributed by atoms with Gasteiger partial charge in [0.25, 0.3) is 5.91 Å². The zero-order valence-electron chi connectivity index (χ0n) is 13.6. The molecule has 6 nitrogen and oxygen atoms in total. The van der Waals surface area contributed by atoms with Crippen LogP contribution in [0.1, 0.15) is 16.7 Å². The van der Waals surface area contributed by atoms with Crippen molar-refractivity contribution in [2.75, 3.05) is 17.2 Å². The Labute approximate surface area is 140 Å². The highest BCUT2D eigenvalue weighted by atomic mass is 16.5. The summed E-state index contributed by atoms with van der Waals surface area (Å²) in [6.45, 7) is 4.50. The number of carbonyl (C=O) groups is 2. The summed E-state index contributed by atoms with van der Waals surface area (Å²) in [5, 5.41) is 8.30. The lowest BCUT2D eigenvalue weighted by Crippen LogP contribution is -2.29. The number of urea groups is 1. The predicted octanol–water partition coefficient (Wildman–Crippen LogP) is 2.96. The average Bonchev–Trinajstić information content (AvgIpc) is 2.54. The molecule has 3 amide bonds. The number of hydrogen-bond donors (Lipinski definition) is 3. The summed E-state index contributed by atoms with van der Waals surface area (Å²) in [4.78, 5) is 23.3. The van der Waals surface area contributed by atoms with Crippen molar-refractivity contribution in [2.24, 2.45) is 0 Å². The number of carbonyl (C=O) groups excluding carboxylic acids is 2. The Morgan fingerprint density at radius 2 is 2.04 bits per heavy atom. The molecule has 3 rings (SSSR count). The first kappa shape index (κ1) is 15.9. The van der Waals surface area contributed by atoms with Gasteiger partial charge >= 0.3 is 6.03 Å². The van der Waals surface area contributed by atoms with E-state index in [0.717, 1.165) is 11.1 Å². The lowest BCUT2D eigenvalue weighted by atomic mass is 10.1. The molecule has 0 unspecified atom stereocenters. The number of hydrogen-bond acceptors (Lipinski definition) is 3. The quantitative estimate of drug-likeness (QED) is 0.812. The van der Waals surface area contributed by atoms with E-state index in [9.17, 15) is 9.59 Å². The molecule has 0 fully saturated rings. The molecule has 1 aliphatic rings. The topological polar surface area (TPSA) is 79.5 Å². The van der Waals surface area contributed by atoms with Gasteiger partial charge in [0.15, 0.2) is 6.61 Å². The molecule has 24 heavy (non-hydrogen) atoms. The first-order chi connectivity index (χ1) is 11.5. The molecule has 0 spiro atoms. The number of rotatable bonds is 3. The number of amides is 3. The summed E-state index contributed by atoms with van der Waals surface area (Å²) in [5.74, 6) is 0.358. The molecule has 0 saturated heterocycles. The monoisotopic (exact) mass is 325 g/mol. The lowest BCUT2D eigenvalue weighted by Gasteiger charge is -2.18. The van der Waals surface area contributed by atoms with Gasteiger partial charge in [-0.1, -0.05) is 23.8 Å². The van der Waals surface area contributed by atoms with E-state index in [4.69, 9.17) is 4.74 Å². The van der Waals surface area contributed by atoms with Crippen LogP contribution in [0.3, 0.4) is 0 Å². The molecule has 0 saturated carbocycles. The molecule has 0 aliphatic carbocycles. The summed E-state index contributed by atoms with van der Waals surface area (Å²) in [6.07, 6.45) is 0. The Hall–Kier alpha value is -3.02. The maximum Gasteiger partial charge on any atom is 0.319 e. The Kier molecular flexibility index (Phi) is 4.37. The van der Waals surface area contributed by atoms with Crippen LogP contribution in [-0.2, 0) is 11.3 Å². The summed E-state index contributed by atoms with van der Waals surface area (Å²) >= 11 is 0. The van der Waals surface area contributed by atoms with E-state index < -0.39 is 0 Å². The SMILES string of the molecule is Cc1ccc(CNC(=O)Nc2ccc3c(c2)OCC(=O)N3)c(C)c1. The Balaban J connectivity index is 1.60. The fraction of sp³-hybridized carbons (Fsp3) is 0.222. The van der Waals surface area contributed by atoms with Crippen molar-refractivity contribution >= 4 is 23.3 Å². The van der Waals surface area contributed by atoms with E-state index in [1.807, 2.05) is 26.0 Å². The number of benzene rings is 2. The molecule has 0 bridgehead atoms. The second kappa shape index (κ2) is 6.62. The van der Waals surface area contributed by atoms with E-state index >= 15 is 0 Å². The van der Waals surface area contributed by atoms with Gasteiger partial charge < -0.3 is 20.7 Å². The molecule has 1 aliphatic heterocycles. The van der Waals surface area contributed by atoms with Crippen LogP contribution in [0.15, 0.2) is 36.4 Å². The van der Waals surface area contributed by atoms with Crippen LogP contribution in [0.25, 0.3) is 0 Å². The summed E-state index contributed by atoms with van der Waals surface area (Å²) in [5.41, 5.74) is 4.62. The normalized spacial score (nSPS) is 12.7. The van der Waals surface area contributed by atoms with Gasteiger partial charge in [-0.25, -0.2) is 4.79 Å². The summed E-state index contributed by atoms with van der Waals surface area (Å²) in [6, 6.07) is 10.9. The van der Waals surface area contributed by atoms with Crippen LogP contribution >= 0.6 is 0 Å². The molecule has 0 radical (unpaired) electrons. The summed E-state index contributed by atoms with van der Waals surface area (Å²) in [7, 11) is 0. The molecule has 0 aromatic heterocycles. The van der Waals surface area contributed by atoms with Crippen molar-refractivity contribution in [3.05, 3.63) is 53.1 Å². The molecule has 2 aromatic rings. The second-order valence-electron chi connectivity index (χ2n) is 5.79. The Morgan fingerprint density at radius 3 is 2.83 bits per heavy atom. The maximum absolute atomic E-state index is 12.1. The predicted molar refractivity (Wildman–Crippen MR) is 92.3 cm³/mol. The van der Waals surface area contributed by atoms with Gasteiger partial charge in [-0.05, 0) is 37.1 Å².